The van der Waals surface area contributed by atoms with Gasteiger partial charge in [0.1, 0.15) is 5.82 Å². The number of nitrogens with one attached hydrogen (secondary N) is 1. The molecule has 1 saturated heterocycles. The first-order valence-electron chi connectivity index (χ1n) is 5.73. The molecule has 2 rings (SSSR count). The Kier molecular flexibility index (Phi) is 3.79. The number of anilines is 1. The number of methoxy groups -OCH3 is 1. The number of esters is 1. The van der Waals surface area contributed by atoms with Gasteiger partial charge < -0.3 is 10.1 Å². The molecule has 0 radical (unpaired) electrons. The Morgan fingerprint density at radius 1 is 1.53 bits per heavy atom. The Balaban J connectivity index is 2.20. The van der Waals surface area contributed by atoms with Crippen LogP contribution in [0.3, 0.4) is 0 Å². The van der Waals surface area contributed by atoms with Crippen LogP contribution in [0.2, 0.25) is 0 Å². The van der Waals surface area contributed by atoms with Gasteiger partial charge in [0.15, 0.2) is 0 Å². The first-order valence-corrected chi connectivity index (χ1v) is 5.73. The quantitative estimate of drug-likeness (QED) is 0.665. The van der Waals surface area contributed by atoms with Crippen LogP contribution in [0.5, 0.6) is 0 Å². The van der Waals surface area contributed by atoms with E-state index in [-0.39, 0.29) is 11.7 Å². The fraction of sp³-hybridized carbons (Fsp3) is 0.231. The van der Waals surface area contributed by atoms with E-state index in [1.807, 2.05) is 0 Å². The number of carbonyl (C=O) groups is 2. The lowest BCUT2D eigenvalue weighted by Crippen LogP contribution is -2.28. The predicted octanol–water partition coefficient (Wildman–Crippen LogP) is 1.54. The fourth-order valence-electron chi connectivity index (χ4n) is 1.78. The third kappa shape index (κ3) is 2.90. The lowest BCUT2D eigenvalue weighted by atomic mass is 10.1. The number of ether oxygens (including phenoxy) is 1. The number of urea groups is 1. The van der Waals surface area contributed by atoms with E-state index in [2.05, 4.69) is 10.1 Å². The molecule has 1 aliphatic heterocycles. The van der Waals surface area contributed by atoms with Gasteiger partial charge in [0, 0.05) is 19.2 Å². The van der Waals surface area contributed by atoms with Crippen molar-refractivity contribution in [3.8, 4) is 0 Å². The van der Waals surface area contributed by atoms with Gasteiger partial charge in [-0.05, 0) is 23.8 Å². The minimum atomic E-state index is -0.511. The highest BCUT2D eigenvalue weighted by Crippen LogP contribution is 2.22. The zero-order valence-electron chi connectivity index (χ0n) is 10.4. The summed E-state index contributed by atoms with van der Waals surface area (Å²) in [6, 6.07) is 4.10. The number of nitrogens with zero attached hydrogens (tertiary/aromatic N) is 1. The number of benzene rings is 1. The maximum absolute atomic E-state index is 13.9. The molecule has 0 unspecified atom stereocenters. The lowest BCUT2D eigenvalue weighted by Gasteiger charge is -2.15. The van der Waals surface area contributed by atoms with Crippen molar-refractivity contribution in [3.05, 3.63) is 35.7 Å². The summed E-state index contributed by atoms with van der Waals surface area (Å²) in [7, 11) is 1.27. The van der Waals surface area contributed by atoms with Crippen molar-refractivity contribution in [2.24, 2.45) is 0 Å². The van der Waals surface area contributed by atoms with Crippen molar-refractivity contribution < 1.29 is 18.7 Å². The van der Waals surface area contributed by atoms with Gasteiger partial charge in [0.25, 0.3) is 0 Å². The highest BCUT2D eigenvalue weighted by Gasteiger charge is 2.23. The third-order valence-electron chi connectivity index (χ3n) is 2.73. The molecule has 0 bridgehead atoms. The molecule has 0 spiro atoms. The molecule has 1 fully saturated rings. The maximum Gasteiger partial charge on any atom is 0.330 e. The van der Waals surface area contributed by atoms with Crippen molar-refractivity contribution in [2.45, 2.75) is 0 Å². The fourth-order valence-corrected chi connectivity index (χ4v) is 1.78. The lowest BCUT2D eigenvalue weighted by molar-refractivity contribution is -0.134. The Bertz CT molecular complexity index is 543. The van der Waals surface area contributed by atoms with Crippen molar-refractivity contribution >= 4 is 23.8 Å². The number of amides is 2. The Morgan fingerprint density at radius 2 is 2.32 bits per heavy atom. The van der Waals surface area contributed by atoms with Gasteiger partial charge in [0.2, 0.25) is 0 Å². The van der Waals surface area contributed by atoms with Gasteiger partial charge in [-0.1, -0.05) is 6.07 Å². The Hall–Kier alpha value is -2.37. The van der Waals surface area contributed by atoms with E-state index in [1.54, 1.807) is 6.07 Å². The van der Waals surface area contributed by atoms with Gasteiger partial charge in [-0.25, -0.2) is 14.0 Å². The molecule has 0 aromatic heterocycles. The second-order valence-electron chi connectivity index (χ2n) is 3.95. The van der Waals surface area contributed by atoms with E-state index in [4.69, 9.17) is 0 Å². The van der Waals surface area contributed by atoms with E-state index in [9.17, 15) is 14.0 Å². The van der Waals surface area contributed by atoms with E-state index < -0.39 is 11.8 Å². The highest BCUT2D eigenvalue weighted by atomic mass is 19.1. The minimum absolute atomic E-state index is 0.227. The van der Waals surface area contributed by atoms with E-state index in [0.29, 0.717) is 18.7 Å². The molecular formula is C13H13FN2O3. The molecule has 0 aliphatic carbocycles. The standard InChI is InChI=1S/C13H13FN2O3/c1-19-12(17)5-3-9-2-4-11(10(14)8-9)16-7-6-15-13(16)18/h2-5,8H,6-7H2,1H3,(H,15,18). The van der Waals surface area contributed by atoms with Crippen molar-refractivity contribution in [1.29, 1.82) is 0 Å². The van der Waals surface area contributed by atoms with Gasteiger partial charge in [-0.2, -0.15) is 0 Å². The second-order valence-corrected chi connectivity index (χ2v) is 3.95. The third-order valence-corrected chi connectivity index (χ3v) is 2.73. The number of hydrogen-bond acceptors (Lipinski definition) is 3. The van der Waals surface area contributed by atoms with Gasteiger partial charge >= 0.3 is 12.0 Å². The van der Waals surface area contributed by atoms with Crippen molar-refractivity contribution in [3.63, 3.8) is 0 Å². The summed E-state index contributed by atoms with van der Waals surface area (Å²) in [5.41, 5.74) is 0.747. The molecule has 19 heavy (non-hydrogen) atoms. The summed E-state index contributed by atoms with van der Waals surface area (Å²) in [4.78, 5) is 23.7. The molecule has 5 nitrogen and oxygen atoms in total. The number of hydrogen-bond donors (Lipinski definition) is 1. The maximum atomic E-state index is 13.9. The van der Waals surface area contributed by atoms with Crippen LogP contribution >= 0.6 is 0 Å². The van der Waals surface area contributed by atoms with Crippen LogP contribution in [0.4, 0.5) is 14.9 Å². The van der Waals surface area contributed by atoms with E-state index in [1.165, 1.54) is 36.3 Å². The van der Waals surface area contributed by atoms with Crippen molar-refractivity contribution in [1.82, 2.24) is 5.32 Å². The van der Waals surface area contributed by atoms with E-state index in [0.717, 1.165) is 0 Å². The largest absolute Gasteiger partial charge is 0.466 e. The van der Waals surface area contributed by atoms with Crippen LogP contribution in [0, 0.1) is 5.82 Å². The monoisotopic (exact) mass is 264 g/mol. The van der Waals surface area contributed by atoms with Crippen LogP contribution in [-0.2, 0) is 9.53 Å². The SMILES string of the molecule is COC(=O)C=Cc1ccc(N2CCNC2=O)c(F)c1. The Labute approximate surface area is 109 Å². The predicted molar refractivity (Wildman–Crippen MR) is 68.2 cm³/mol. The first kappa shape index (κ1) is 13.1. The molecule has 100 valence electrons. The zero-order chi connectivity index (χ0) is 13.8. The summed E-state index contributed by atoms with van der Waals surface area (Å²) in [5.74, 6) is -1.02. The highest BCUT2D eigenvalue weighted by molar-refractivity contribution is 5.94. The molecular weight excluding hydrogens is 251 g/mol. The van der Waals surface area contributed by atoms with Crippen LogP contribution in [0.1, 0.15) is 5.56 Å². The molecule has 1 aromatic carbocycles. The smallest absolute Gasteiger partial charge is 0.330 e. The summed E-state index contributed by atoms with van der Waals surface area (Å²) in [6.07, 6.45) is 2.65. The van der Waals surface area contributed by atoms with Gasteiger partial charge in [-0.15, -0.1) is 0 Å². The molecule has 1 heterocycles. The molecule has 1 N–H and O–H groups in total. The van der Waals surface area contributed by atoms with Crippen molar-refractivity contribution in [2.75, 3.05) is 25.1 Å². The molecule has 6 heteroatoms. The molecule has 0 saturated carbocycles. The average molecular weight is 264 g/mol. The summed E-state index contributed by atoms with van der Waals surface area (Å²) >= 11 is 0. The zero-order valence-corrected chi connectivity index (χ0v) is 10.4. The molecule has 1 aliphatic rings. The van der Waals surface area contributed by atoms with Crippen LogP contribution < -0.4 is 10.2 Å². The number of halogens is 1. The molecule has 2 amide bonds. The van der Waals surface area contributed by atoms with Crippen LogP contribution in [-0.4, -0.2) is 32.2 Å². The van der Waals surface area contributed by atoms with Crippen LogP contribution in [0.15, 0.2) is 24.3 Å². The average Bonchev–Trinajstić information content (AvgIpc) is 2.82. The first-order chi connectivity index (χ1) is 9.11. The minimum Gasteiger partial charge on any atom is -0.466 e. The van der Waals surface area contributed by atoms with Crippen LogP contribution in [0.25, 0.3) is 6.08 Å². The second kappa shape index (κ2) is 5.51. The normalized spacial score (nSPS) is 14.8. The summed E-state index contributed by atoms with van der Waals surface area (Å²) in [6.45, 7) is 0.940. The summed E-state index contributed by atoms with van der Waals surface area (Å²) < 4.78 is 18.4. The Morgan fingerprint density at radius 3 is 2.89 bits per heavy atom. The topological polar surface area (TPSA) is 58.6 Å². The summed E-state index contributed by atoms with van der Waals surface area (Å²) in [5, 5.41) is 2.60. The molecule has 1 aromatic rings. The molecule has 0 atom stereocenters. The van der Waals surface area contributed by atoms with Gasteiger partial charge in [-0.3, -0.25) is 4.90 Å². The number of carbonyl (C=O) groups excluding carboxylic acids is 2. The number of rotatable bonds is 3. The van der Waals surface area contributed by atoms with Gasteiger partial charge in [0.05, 0.1) is 12.8 Å². The van der Waals surface area contributed by atoms with E-state index >= 15 is 0 Å².